The Balaban J connectivity index is 1.42. The molecular weight excluding hydrogens is 364 g/mol. The maximum atomic E-state index is 12.4. The Morgan fingerprint density at radius 2 is 1.65 bits per heavy atom. The van der Waals surface area contributed by atoms with Gasteiger partial charge in [0.05, 0.1) is 10.6 Å². The fourth-order valence-electron chi connectivity index (χ4n) is 2.34. The number of aromatic nitrogens is 1. The molecule has 4 aromatic rings. The summed E-state index contributed by atoms with van der Waals surface area (Å²) in [5, 5.41) is 7.38. The Kier molecular flexibility index (Phi) is 4.77. The van der Waals surface area contributed by atoms with Crippen LogP contribution in [0.4, 0.5) is 5.13 Å². The molecule has 26 heavy (non-hydrogen) atoms. The highest BCUT2D eigenvalue weighted by atomic mass is 32.1. The Bertz CT molecular complexity index is 994. The summed E-state index contributed by atoms with van der Waals surface area (Å²) < 4.78 is 5.74. The van der Waals surface area contributed by atoms with Crippen LogP contribution in [-0.2, 0) is 0 Å². The highest BCUT2D eigenvalue weighted by Gasteiger charge is 2.10. The lowest BCUT2D eigenvalue weighted by molar-refractivity contribution is 0.102. The minimum absolute atomic E-state index is 0.191. The highest BCUT2D eigenvalue weighted by molar-refractivity contribution is 7.16. The van der Waals surface area contributed by atoms with Crippen LogP contribution in [0.1, 0.15) is 10.4 Å². The second-order valence-electron chi connectivity index (χ2n) is 5.41. The van der Waals surface area contributed by atoms with Crippen molar-refractivity contribution in [3.63, 3.8) is 0 Å². The number of carbonyl (C=O) groups is 1. The Hall–Kier alpha value is -2.96. The number of amides is 1. The molecule has 0 unspecified atom stereocenters. The molecule has 0 spiro atoms. The first-order valence-corrected chi connectivity index (χ1v) is 9.67. The van der Waals surface area contributed by atoms with E-state index in [1.807, 2.05) is 53.2 Å². The van der Waals surface area contributed by atoms with E-state index in [-0.39, 0.29) is 5.91 Å². The molecule has 6 heteroatoms. The van der Waals surface area contributed by atoms with E-state index in [0.717, 1.165) is 16.3 Å². The molecule has 0 atom stereocenters. The fraction of sp³-hybridized carbons (Fsp3) is 0. The van der Waals surface area contributed by atoms with Gasteiger partial charge in [0.15, 0.2) is 5.13 Å². The standard InChI is InChI=1S/C20H14N2O2S2/c23-19(22-20-21-17(13-26-20)18-7-4-12-25-18)14-8-10-16(11-9-14)24-15-5-2-1-3-6-15/h1-13H,(H,21,22,23). The van der Waals surface area contributed by atoms with Gasteiger partial charge in [-0.15, -0.1) is 22.7 Å². The molecule has 2 aromatic heterocycles. The third-order valence-electron chi connectivity index (χ3n) is 3.59. The molecule has 0 aliphatic heterocycles. The zero-order valence-corrected chi connectivity index (χ0v) is 15.2. The summed E-state index contributed by atoms with van der Waals surface area (Å²) in [6.07, 6.45) is 0. The van der Waals surface area contributed by atoms with Crippen molar-refractivity contribution in [2.75, 3.05) is 5.32 Å². The molecular formula is C20H14N2O2S2. The van der Waals surface area contributed by atoms with Crippen LogP contribution in [0, 0.1) is 0 Å². The Morgan fingerprint density at radius 3 is 2.38 bits per heavy atom. The number of thiophene rings is 1. The molecule has 0 saturated carbocycles. The number of carbonyl (C=O) groups excluding carboxylic acids is 1. The first kappa shape index (κ1) is 16.5. The van der Waals surface area contributed by atoms with E-state index in [2.05, 4.69) is 10.3 Å². The van der Waals surface area contributed by atoms with Gasteiger partial charge in [0.1, 0.15) is 11.5 Å². The first-order valence-electron chi connectivity index (χ1n) is 7.92. The minimum Gasteiger partial charge on any atom is -0.457 e. The number of benzene rings is 2. The Labute approximate surface area is 158 Å². The summed E-state index contributed by atoms with van der Waals surface area (Å²) in [5.74, 6) is 1.25. The summed E-state index contributed by atoms with van der Waals surface area (Å²) in [7, 11) is 0. The molecule has 4 rings (SSSR count). The molecule has 0 fully saturated rings. The van der Waals surface area contributed by atoms with Gasteiger partial charge < -0.3 is 4.74 Å². The van der Waals surface area contributed by atoms with Crippen LogP contribution in [0.3, 0.4) is 0 Å². The lowest BCUT2D eigenvalue weighted by atomic mass is 10.2. The average molecular weight is 378 g/mol. The number of nitrogens with zero attached hydrogens (tertiary/aromatic N) is 1. The summed E-state index contributed by atoms with van der Waals surface area (Å²) in [6.45, 7) is 0. The molecule has 0 aliphatic rings. The van der Waals surface area contributed by atoms with Gasteiger partial charge in [-0.3, -0.25) is 10.1 Å². The smallest absolute Gasteiger partial charge is 0.257 e. The van der Waals surface area contributed by atoms with E-state index in [9.17, 15) is 4.79 Å². The quantitative estimate of drug-likeness (QED) is 0.469. The van der Waals surface area contributed by atoms with Crippen molar-refractivity contribution < 1.29 is 9.53 Å². The zero-order valence-electron chi connectivity index (χ0n) is 13.6. The molecule has 1 amide bonds. The summed E-state index contributed by atoms with van der Waals surface area (Å²) in [6, 6.07) is 20.6. The van der Waals surface area contributed by atoms with E-state index in [0.29, 0.717) is 16.4 Å². The van der Waals surface area contributed by atoms with Crippen LogP contribution in [-0.4, -0.2) is 10.9 Å². The summed E-state index contributed by atoms with van der Waals surface area (Å²) in [5.41, 5.74) is 1.44. The van der Waals surface area contributed by atoms with Crippen LogP contribution >= 0.6 is 22.7 Å². The van der Waals surface area contributed by atoms with Crippen LogP contribution in [0.15, 0.2) is 77.5 Å². The van der Waals surface area contributed by atoms with Crippen LogP contribution in [0.25, 0.3) is 10.6 Å². The van der Waals surface area contributed by atoms with Gasteiger partial charge in [0, 0.05) is 10.9 Å². The fourth-order valence-corrected chi connectivity index (χ4v) is 3.80. The molecule has 0 bridgehead atoms. The number of hydrogen-bond acceptors (Lipinski definition) is 5. The number of rotatable bonds is 5. The van der Waals surface area contributed by atoms with Crippen molar-refractivity contribution in [3.05, 3.63) is 83.1 Å². The summed E-state index contributed by atoms with van der Waals surface area (Å²) >= 11 is 3.04. The normalized spacial score (nSPS) is 10.5. The number of ether oxygens (including phenoxy) is 1. The number of thiazole rings is 1. The number of anilines is 1. The van der Waals surface area contributed by atoms with Gasteiger partial charge in [-0.25, -0.2) is 4.98 Å². The van der Waals surface area contributed by atoms with E-state index in [1.54, 1.807) is 35.6 Å². The molecule has 128 valence electrons. The predicted molar refractivity (Wildman–Crippen MR) is 106 cm³/mol. The van der Waals surface area contributed by atoms with Crippen LogP contribution < -0.4 is 10.1 Å². The lowest BCUT2D eigenvalue weighted by Gasteiger charge is -2.06. The first-order chi connectivity index (χ1) is 12.8. The van der Waals surface area contributed by atoms with Crippen molar-refractivity contribution in [1.82, 2.24) is 4.98 Å². The SMILES string of the molecule is O=C(Nc1nc(-c2cccs2)cs1)c1ccc(Oc2ccccc2)cc1. The number of hydrogen-bond donors (Lipinski definition) is 1. The topological polar surface area (TPSA) is 51.2 Å². The van der Waals surface area contributed by atoms with Gasteiger partial charge in [-0.2, -0.15) is 0 Å². The van der Waals surface area contributed by atoms with Gasteiger partial charge in [0.2, 0.25) is 0 Å². The molecule has 2 aromatic carbocycles. The third kappa shape index (κ3) is 3.82. The van der Waals surface area contributed by atoms with Crippen molar-refractivity contribution >= 4 is 33.7 Å². The van der Waals surface area contributed by atoms with Gasteiger partial charge in [-0.05, 0) is 47.8 Å². The molecule has 0 saturated heterocycles. The second-order valence-corrected chi connectivity index (χ2v) is 7.21. The van der Waals surface area contributed by atoms with Crippen molar-refractivity contribution in [1.29, 1.82) is 0 Å². The molecule has 2 heterocycles. The van der Waals surface area contributed by atoms with Crippen molar-refractivity contribution in [3.8, 4) is 22.1 Å². The molecule has 0 radical (unpaired) electrons. The summed E-state index contributed by atoms with van der Waals surface area (Å²) in [4.78, 5) is 17.9. The van der Waals surface area contributed by atoms with Gasteiger partial charge in [0.25, 0.3) is 5.91 Å². The number of para-hydroxylation sites is 1. The zero-order chi connectivity index (χ0) is 17.8. The van der Waals surface area contributed by atoms with E-state index < -0.39 is 0 Å². The Morgan fingerprint density at radius 1 is 0.885 bits per heavy atom. The third-order valence-corrected chi connectivity index (χ3v) is 5.24. The molecule has 0 aliphatic carbocycles. The maximum Gasteiger partial charge on any atom is 0.257 e. The van der Waals surface area contributed by atoms with E-state index in [4.69, 9.17) is 4.74 Å². The number of nitrogens with one attached hydrogen (secondary N) is 1. The highest BCUT2D eigenvalue weighted by Crippen LogP contribution is 2.28. The lowest BCUT2D eigenvalue weighted by Crippen LogP contribution is -2.11. The monoisotopic (exact) mass is 378 g/mol. The van der Waals surface area contributed by atoms with Gasteiger partial charge >= 0.3 is 0 Å². The molecule has 1 N–H and O–H groups in total. The van der Waals surface area contributed by atoms with Crippen molar-refractivity contribution in [2.45, 2.75) is 0 Å². The van der Waals surface area contributed by atoms with Gasteiger partial charge in [-0.1, -0.05) is 24.3 Å². The molecule has 4 nitrogen and oxygen atoms in total. The van der Waals surface area contributed by atoms with Crippen LogP contribution in [0.2, 0.25) is 0 Å². The largest absolute Gasteiger partial charge is 0.457 e. The average Bonchev–Trinajstić information content (AvgIpc) is 3.35. The second kappa shape index (κ2) is 7.51. The van der Waals surface area contributed by atoms with Crippen molar-refractivity contribution in [2.24, 2.45) is 0 Å². The van der Waals surface area contributed by atoms with Crippen LogP contribution in [0.5, 0.6) is 11.5 Å². The predicted octanol–water partition coefficient (Wildman–Crippen LogP) is 5.92. The van der Waals surface area contributed by atoms with E-state index >= 15 is 0 Å². The minimum atomic E-state index is -0.191. The van der Waals surface area contributed by atoms with E-state index in [1.165, 1.54) is 11.3 Å². The maximum absolute atomic E-state index is 12.4.